The number of hydrogen-bond donors (Lipinski definition) is 3. The van der Waals surface area contributed by atoms with E-state index in [9.17, 15) is 14.4 Å². The molecule has 1 atom stereocenters. The molecule has 1 aromatic rings. The number of carboxylic acids is 1. The summed E-state index contributed by atoms with van der Waals surface area (Å²) >= 11 is 3.16. The second kappa shape index (κ2) is 6.31. The minimum Gasteiger partial charge on any atom is -0.479 e. The molecule has 0 radical (unpaired) electrons. The second-order valence-corrected chi connectivity index (χ2v) is 4.39. The molecule has 3 N–H and O–H groups in total. The van der Waals surface area contributed by atoms with E-state index in [0.717, 1.165) is 4.57 Å². The van der Waals surface area contributed by atoms with E-state index in [1.165, 1.54) is 12.3 Å². The predicted molar refractivity (Wildman–Crippen MR) is 65.1 cm³/mol. The summed E-state index contributed by atoms with van der Waals surface area (Å²) < 4.78 is 1.80. The van der Waals surface area contributed by atoms with Crippen molar-refractivity contribution in [1.82, 2.24) is 9.88 Å². The summed E-state index contributed by atoms with van der Waals surface area (Å²) in [5.74, 6) is -1.98. The van der Waals surface area contributed by atoms with Gasteiger partial charge < -0.3 is 20.1 Å². The number of halogens is 1. The van der Waals surface area contributed by atoms with Gasteiger partial charge >= 0.3 is 5.97 Å². The largest absolute Gasteiger partial charge is 0.479 e. The van der Waals surface area contributed by atoms with Crippen LogP contribution in [0.1, 0.15) is 0 Å². The van der Waals surface area contributed by atoms with Crippen LogP contribution in [0.4, 0.5) is 0 Å². The zero-order valence-corrected chi connectivity index (χ0v) is 10.8. The summed E-state index contributed by atoms with van der Waals surface area (Å²) in [5, 5.41) is 19.6. The third kappa shape index (κ3) is 4.30. The van der Waals surface area contributed by atoms with E-state index in [1.807, 2.05) is 0 Å². The number of carboxylic acid groups (broad SMARTS) is 1. The van der Waals surface area contributed by atoms with Gasteiger partial charge in [-0.1, -0.05) is 0 Å². The second-order valence-electron chi connectivity index (χ2n) is 3.47. The van der Waals surface area contributed by atoms with Crippen molar-refractivity contribution in [3.63, 3.8) is 0 Å². The quantitative estimate of drug-likeness (QED) is 0.657. The van der Waals surface area contributed by atoms with Crippen LogP contribution in [0.15, 0.2) is 27.6 Å². The number of carbonyl (C=O) groups excluding carboxylic acids is 1. The van der Waals surface area contributed by atoms with Crippen LogP contribution in [0.25, 0.3) is 0 Å². The van der Waals surface area contributed by atoms with Gasteiger partial charge in [0, 0.05) is 16.7 Å². The molecule has 0 bridgehead atoms. The number of hydrogen-bond acceptors (Lipinski definition) is 4. The lowest BCUT2D eigenvalue weighted by Gasteiger charge is -2.09. The normalized spacial score (nSPS) is 11.9. The SMILES string of the molecule is O=C(Cn1cc(Br)ccc1=O)NCC(O)C(=O)O. The van der Waals surface area contributed by atoms with E-state index in [4.69, 9.17) is 10.2 Å². The molecule has 0 aliphatic carbocycles. The minimum absolute atomic E-state index is 0.245. The Kier molecular flexibility index (Phi) is 5.05. The number of rotatable bonds is 5. The van der Waals surface area contributed by atoms with E-state index >= 15 is 0 Å². The minimum atomic E-state index is -1.66. The molecule has 0 fully saturated rings. The number of aromatic nitrogens is 1. The van der Waals surface area contributed by atoms with Crippen LogP contribution < -0.4 is 10.9 Å². The molecule has 0 aliphatic heterocycles. The zero-order valence-electron chi connectivity index (χ0n) is 9.17. The molecule has 1 aromatic heterocycles. The lowest BCUT2D eigenvalue weighted by atomic mass is 10.3. The van der Waals surface area contributed by atoms with Crippen molar-refractivity contribution in [3.05, 3.63) is 33.2 Å². The molecule has 18 heavy (non-hydrogen) atoms. The van der Waals surface area contributed by atoms with Crippen LogP contribution in [0, 0.1) is 0 Å². The standard InChI is InChI=1S/C10H11BrN2O5/c11-6-1-2-9(16)13(4-6)5-8(15)12-3-7(14)10(17)18/h1-2,4,7,14H,3,5H2,(H,12,15)(H,17,18). The maximum absolute atomic E-state index is 11.4. The highest BCUT2D eigenvalue weighted by molar-refractivity contribution is 9.10. The van der Waals surface area contributed by atoms with Crippen molar-refractivity contribution in [2.75, 3.05) is 6.54 Å². The number of nitrogens with one attached hydrogen (secondary N) is 1. The van der Waals surface area contributed by atoms with Crippen LogP contribution in [0.5, 0.6) is 0 Å². The smallest absolute Gasteiger partial charge is 0.334 e. The van der Waals surface area contributed by atoms with Crippen molar-refractivity contribution < 1.29 is 19.8 Å². The molecule has 1 heterocycles. The molecule has 0 aliphatic rings. The van der Waals surface area contributed by atoms with Gasteiger partial charge in [-0.2, -0.15) is 0 Å². The number of nitrogens with zero attached hydrogens (tertiary/aromatic N) is 1. The number of pyridine rings is 1. The first-order valence-corrected chi connectivity index (χ1v) is 5.73. The maximum Gasteiger partial charge on any atom is 0.334 e. The van der Waals surface area contributed by atoms with Crippen LogP contribution in [0.3, 0.4) is 0 Å². The van der Waals surface area contributed by atoms with Crippen molar-refractivity contribution in [3.8, 4) is 0 Å². The lowest BCUT2D eigenvalue weighted by Crippen LogP contribution is -2.39. The first-order chi connectivity index (χ1) is 8.40. The Morgan fingerprint density at radius 3 is 2.72 bits per heavy atom. The van der Waals surface area contributed by atoms with Crippen molar-refractivity contribution in [2.24, 2.45) is 0 Å². The fourth-order valence-electron chi connectivity index (χ4n) is 1.13. The van der Waals surface area contributed by atoms with Gasteiger partial charge in [-0.3, -0.25) is 9.59 Å². The monoisotopic (exact) mass is 318 g/mol. The number of aliphatic hydroxyl groups is 1. The highest BCUT2D eigenvalue weighted by Gasteiger charge is 2.14. The van der Waals surface area contributed by atoms with Crippen molar-refractivity contribution in [2.45, 2.75) is 12.6 Å². The average Bonchev–Trinajstić information content (AvgIpc) is 2.30. The number of amides is 1. The third-order valence-electron chi connectivity index (χ3n) is 2.04. The molecule has 98 valence electrons. The zero-order chi connectivity index (χ0) is 13.7. The number of aliphatic hydroxyl groups excluding tert-OH is 1. The Morgan fingerprint density at radius 1 is 1.44 bits per heavy atom. The Labute approximate surface area is 110 Å². The summed E-state index contributed by atoms with van der Waals surface area (Å²) in [7, 11) is 0. The Hall–Kier alpha value is -1.67. The van der Waals surface area contributed by atoms with Crippen LogP contribution in [-0.4, -0.2) is 39.3 Å². The summed E-state index contributed by atoms with van der Waals surface area (Å²) in [5.41, 5.74) is -0.355. The van der Waals surface area contributed by atoms with Crippen molar-refractivity contribution >= 4 is 27.8 Å². The van der Waals surface area contributed by atoms with E-state index in [-0.39, 0.29) is 12.1 Å². The number of aliphatic carboxylic acids is 1. The molecule has 8 heteroatoms. The molecular formula is C10H11BrN2O5. The lowest BCUT2D eigenvalue weighted by molar-refractivity contribution is -0.146. The predicted octanol–water partition coefficient (Wildman–Crippen LogP) is -0.828. The fraction of sp³-hybridized carbons (Fsp3) is 0.300. The average molecular weight is 319 g/mol. The van der Waals surface area contributed by atoms with Crippen LogP contribution >= 0.6 is 15.9 Å². The van der Waals surface area contributed by atoms with E-state index in [2.05, 4.69) is 21.2 Å². The molecule has 0 saturated carbocycles. The van der Waals surface area contributed by atoms with E-state index in [0.29, 0.717) is 4.47 Å². The van der Waals surface area contributed by atoms with Gasteiger partial charge in [0.15, 0.2) is 6.10 Å². The molecule has 1 unspecified atom stereocenters. The Morgan fingerprint density at radius 2 is 2.11 bits per heavy atom. The van der Waals surface area contributed by atoms with Gasteiger partial charge in [0.1, 0.15) is 6.54 Å². The molecule has 0 saturated heterocycles. The maximum atomic E-state index is 11.4. The highest BCUT2D eigenvalue weighted by Crippen LogP contribution is 2.04. The molecule has 1 amide bonds. The molecule has 7 nitrogen and oxygen atoms in total. The fourth-order valence-corrected chi connectivity index (χ4v) is 1.51. The highest BCUT2D eigenvalue weighted by atomic mass is 79.9. The van der Waals surface area contributed by atoms with Crippen LogP contribution in [0.2, 0.25) is 0 Å². The number of carbonyl (C=O) groups is 2. The summed E-state index contributed by atoms with van der Waals surface area (Å²) in [6, 6.07) is 2.84. The van der Waals surface area contributed by atoms with Crippen molar-refractivity contribution in [1.29, 1.82) is 0 Å². The van der Waals surface area contributed by atoms with Gasteiger partial charge in [0.05, 0.1) is 6.54 Å². The molecular weight excluding hydrogens is 308 g/mol. The Bertz CT molecular complexity index is 513. The van der Waals surface area contributed by atoms with Gasteiger partial charge in [-0.15, -0.1) is 0 Å². The first kappa shape index (κ1) is 14.4. The Balaban J connectivity index is 2.57. The molecule has 0 aromatic carbocycles. The summed E-state index contributed by atoms with van der Waals surface area (Å²) in [4.78, 5) is 33.1. The topological polar surface area (TPSA) is 109 Å². The summed E-state index contributed by atoms with van der Waals surface area (Å²) in [6.07, 6.45) is -0.219. The van der Waals surface area contributed by atoms with Gasteiger partial charge in [0.25, 0.3) is 5.56 Å². The molecule has 0 spiro atoms. The van der Waals surface area contributed by atoms with E-state index < -0.39 is 24.5 Å². The van der Waals surface area contributed by atoms with Gasteiger partial charge in [-0.25, -0.2) is 4.79 Å². The van der Waals surface area contributed by atoms with E-state index in [1.54, 1.807) is 6.07 Å². The van der Waals surface area contributed by atoms with Gasteiger partial charge in [-0.05, 0) is 22.0 Å². The van der Waals surface area contributed by atoms with Gasteiger partial charge in [0.2, 0.25) is 5.91 Å². The first-order valence-electron chi connectivity index (χ1n) is 4.93. The molecule has 1 rings (SSSR count). The third-order valence-corrected chi connectivity index (χ3v) is 2.51. The summed E-state index contributed by atoms with van der Waals surface area (Å²) in [6.45, 7) is -0.651. The van der Waals surface area contributed by atoms with Crippen LogP contribution in [-0.2, 0) is 16.1 Å².